The maximum Gasteiger partial charge on any atom is 0.168 e. The van der Waals surface area contributed by atoms with Gasteiger partial charge >= 0.3 is 0 Å². The molecule has 0 saturated heterocycles. The molecule has 1 rings (SSSR count). The van der Waals surface area contributed by atoms with Crippen molar-refractivity contribution in [2.45, 2.75) is 51.9 Å². The molecular weight excluding hydrogens is 208 g/mol. The van der Waals surface area contributed by atoms with Crippen molar-refractivity contribution < 1.29 is 0 Å². The topological polar surface area (TPSA) is 47.6 Å². The summed E-state index contributed by atoms with van der Waals surface area (Å²) in [7, 11) is 0. The third kappa shape index (κ3) is 3.46. The predicted molar refractivity (Wildman–Crippen MR) is 68.9 cm³/mol. The molecule has 0 fully saturated rings. The number of nitrogens with zero attached hydrogens (tertiary/aromatic N) is 2. The van der Waals surface area contributed by atoms with E-state index in [0.717, 1.165) is 37.7 Å². The van der Waals surface area contributed by atoms with Crippen LogP contribution < -0.4 is 0 Å². The highest BCUT2D eigenvalue weighted by atomic mass is 14.4. The molecule has 1 aliphatic carbocycles. The zero-order valence-electron chi connectivity index (χ0n) is 10.6. The van der Waals surface area contributed by atoms with Gasteiger partial charge in [0.2, 0.25) is 0 Å². The van der Waals surface area contributed by atoms with Gasteiger partial charge in [-0.2, -0.15) is 10.5 Å². The molecule has 0 atom stereocenters. The molecule has 0 heterocycles. The van der Waals surface area contributed by atoms with E-state index in [9.17, 15) is 10.5 Å². The van der Waals surface area contributed by atoms with Crippen LogP contribution in [0, 0.1) is 28.1 Å². The van der Waals surface area contributed by atoms with Gasteiger partial charge in [0, 0.05) is 6.42 Å². The minimum absolute atomic E-state index is 0.534. The summed E-state index contributed by atoms with van der Waals surface area (Å²) in [6.07, 6.45) is 13.0. The van der Waals surface area contributed by atoms with E-state index >= 15 is 0 Å². The second kappa shape index (κ2) is 6.92. The third-order valence-electron chi connectivity index (χ3n) is 3.27. The maximum atomic E-state index is 9.34. The van der Waals surface area contributed by atoms with Gasteiger partial charge in [-0.05, 0) is 37.7 Å². The van der Waals surface area contributed by atoms with Crippen molar-refractivity contribution in [3.05, 3.63) is 23.8 Å². The fraction of sp³-hybridized carbons (Fsp3) is 0.600. The highest BCUT2D eigenvalue weighted by molar-refractivity contribution is 5.34. The number of nitriles is 2. The van der Waals surface area contributed by atoms with E-state index in [1.807, 2.05) is 6.08 Å². The predicted octanol–water partition coefficient (Wildman–Crippen LogP) is 4.27. The number of hydrogen-bond donors (Lipinski definition) is 0. The molecule has 0 radical (unpaired) electrons. The SMILES string of the molecule is CCC/C=C/CC(C#N)(C#N)C1=CCCCC1. The summed E-state index contributed by atoms with van der Waals surface area (Å²) in [5.74, 6) is 0. The Balaban J connectivity index is 2.79. The third-order valence-corrected chi connectivity index (χ3v) is 3.27. The van der Waals surface area contributed by atoms with E-state index in [1.165, 1.54) is 6.42 Å². The summed E-state index contributed by atoms with van der Waals surface area (Å²) < 4.78 is 0. The zero-order chi connectivity index (χ0) is 12.6. The number of allylic oxidation sites excluding steroid dienone is 4. The molecular formula is C15H20N2. The van der Waals surface area contributed by atoms with Crippen molar-refractivity contribution in [3.63, 3.8) is 0 Å². The van der Waals surface area contributed by atoms with Crippen molar-refractivity contribution in [1.82, 2.24) is 0 Å². The molecule has 90 valence electrons. The molecule has 0 spiro atoms. The van der Waals surface area contributed by atoms with Crippen LogP contribution in [-0.4, -0.2) is 0 Å². The van der Waals surface area contributed by atoms with Crippen molar-refractivity contribution in [3.8, 4) is 12.1 Å². The van der Waals surface area contributed by atoms with Crippen LogP contribution in [0.4, 0.5) is 0 Å². The van der Waals surface area contributed by atoms with Gasteiger partial charge in [0.05, 0.1) is 12.1 Å². The van der Waals surface area contributed by atoms with Gasteiger partial charge < -0.3 is 0 Å². The summed E-state index contributed by atoms with van der Waals surface area (Å²) >= 11 is 0. The average molecular weight is 228 g/mol. The average Bonchev–Trinajstić information content (AvgIpc) is 2.41. The van der Waals surface area contributed by atoms with E-state index in [-0.39, 0.29) is 0 Å². The minimum atomic E-state index is -0.912. The summed E-state index contributed by atoms with van der Waals surface area (Å²) in [5, 5.41) is 18.7. The Labute approximate surface area is 104 Å². The van der Waals surface area contributed by atoms with Crippen LogP contribution in [-0.2, 0) is 0 Å². The highest BCUT2D eigenvalue weighted by Gasteiger charge is 2.33. The quantitative estimate of drug-likeness (QED) is 0.660. The van der Waals surface area contributed by atoms with Crippen LogP contribution in [0.2, 0.25) is 0 Å². The molecule has 0 aliphatic heterocycles. The maximum absolute atomic E-state index is 9.34. The van der Waals surface area contributed by atoms with Crippen LogP contribution in [0.5, 0.6) is 0 Å². The van der Waals surface area contributed by atoms with Gasteiger partial charge in [-0.15, -0.1) is 0 Å². The summed E-state index contributed by atoms with van der Waals surface area (Å²) in [6.45, 7) is 2.12. The molecule has 1 aliphatic rings. The standard InChI is InChI=1S/C15H20N2/c1-2-3-4-8-11-15(12-16,13-17)14-9-6-5-7-10-14/h4,8-9H,2-3,5-7,10-11H2,1H3/b8-4+. The van der Waals surface area contributed by atoms with Crippen molar-refractivity contribution in [1.29, 1.82) is 10.5 Å². The van der Waals surface area contributed by atoms with Gasteiger partial charge in [-0.25, -0.2) is 0 Å². The van der Waals surface area contributed by atoms with Crippen molar-refractivity contribution in [2.24, 2.45) is 5.41 Å². The number of rotatable bonds is 5. The first-order chi connectivity index (χ1) is 8.29. The van der Waals surface area contributed by atoms with Crippen molar-refractivity contribution in [2.75, 3.05) is 0 Å². The van der Waals surface area contributed by atoms with Gasteiger partial charge in [0.1, 0.15) is 0 Å². The molecule has 0 aromatic carbocycles. The van der Waals surface area contributed by atoms with Crippen LogP contribution >= 0.6 is 0 Å². The Kier molecular flexibility index (Phi) is 5.50. The van der Waals surface area contributed by atoms with E-state index in [1.54, 1.807) is 0 Å². The van der Waals surface area contributed by atoms with E-state index in [0.29, 0.717) is 6.42 Å². The lowest BCUT2D eigenvalue weighted by Gasteiger charge is -2.23. The van der Waals surface area contributed by atoms with Gasteiger partial charge in [0.25, 0.3) is 0 Å². The lowest BCUT2D eigenvalue weighted by atomic mass is 9.75. The zero-order valence-corrected chi connectivity index (χ0v) is 10.6. The number of unbranched alkanes of at least 4 members (excludes halogenated alkanes) is 1. The van der Waals surface area contributed by atoms with Crippen LogP contribution in [0.3, 0.4) is 0 Å². The fourth-order valence-electron chi connectivity index (χ4n) is 2.16. The monoisotopic (exact) mass is 228 g/mol. The Hall–Kier alpha value is -1.54. The highest BCUT2D eigenvalue weighted by Crippen LogP contribution is 2.36. The van der Waals surface area contributed by atoms with Crippen LogP contribution in [0.1, 0.15) is 51.9 Å². The van der Waals surface area contributed by atoms with E-state index in [2.05, 4.69) is 31.2 Å². The molecule has 0 N–H and O–H groups in total. The molecule has 17 heavy (non-hydrogen) atoms. The summed E-state index contributed by atoms with van der Waals surface area (Å²) in [5.41, 5.74) is 0.125. The first-order valence-electron chi connectivity index (χ1n) is 6.46. The molecule has 0 aromatic rings. The second-order valence-electron chi connectivity index (χ2n) is 4.57. The first kappa shape index (κ1) is 13.5. The Morgan fingerprint density at radius 3 is 2.59 bits per heavy atom. The molecule has 0 bridgehead atoms. The van der Waals surface area contributed by atoms with Crippen LogP contribution in [0.15, 0.2) is 23.8 Å². The molecule has 0 aromatic heterocycles. The smallest absolute Gasteiger partial charge is 0.168 e. The second-order valence-corrected chi connectivity index (χ2v) is 4.57. The minimum Gasteiger partial charge on any atom is -0.196 e. The Bertz CT molecular complexity index is 363. The lowest BCUT2D eigenvalue weighted by Crippen LogP contribution is -2.20. The molecule has 0 saturated carbocycles. The Morgan fingerprint density at radius 1 is 1.29 bits per heavy atom. The summed E-state index contributed by atoms with van der Waals surface area (Å²) in [4.78, 5) is 0. The first-order valence-corrected chi connectivity index (χ1v) is 6.46. The number of hydrogen-bond acceptors (Lipinski definition) is 2. The summed E-state index contributed by atoms with van der Waals surface area (Å²) in [6, 6.07) is 4.46. The molecule has 0 unspecified atom stereocenters. The van der Waals surface area contributed by atoms with E-state index < -0.39 is 5.41 Å². The van der Waals surface area contributed by atoms with Gasteiger partial charge in [-0.1, -0.05) is 31.6 Å². The van der Waals surface area contributed by atoms with Crippen molar-refractivity contribution >= 4 is 0 Å². The Morgan fingerprint density at radius 2 is 2.06 bits per heavy atom. The van der Waals surface area contributed by atoms with E-state index in [4.69, 9.17) is 0 Å². The molecule has 2 nitrogen and oxygen atoms in total. The van der Waals surface area contributed by atoms with Gasteiger partial charge in [-0.3, -0.25) is 0 Å². The largest absolute Gasteiger partial charge is 0.196 e. The fourth-order valence-corrected chi connectivity index (χ4v) is 2.16. The normalized spacial score (nSPS) is 16.3. The van der Waals surface area contributed by atoms with Crippen LogP contribution in [0.25, 0.3) is 0 Å². The molecule has 2 heteroatoms. The lowest BCUT2D eigenvalue weighted by molar-refractivity contribution is 0.551. The van der Waals surface area contributed by atoms with Gasteiger partial charge in [0.15, 0.2) is 5.41 Å². The molecule has 0 amide bonds.